The van der Waals surface area contributed by atoms with Crippen LogP contribution in [-0.4, -0.2) is 0 Å². The van der Waals surface area contributed by atoms with E-state index < -0.39 is 0 Å². The predicted molar refractivity (Wildman–Crippen MR) is 59.3 cm³/mol. The molecule has 0 heterocycles. The molecule has 1 heteroatoms. The van der Waals surface area contributed by atoms with Crippen molar-refractivity contribution in [3.8, 4) is 0 Å². The molecule has 0 spiro atoms. The summed E-state index contributed by atoms with van der Waals surface area (Å²) in [7, 11) is 0. The van der Waals surface area contributed by atoms with E-state index in [1.165, 1.54) is 5.56 Å². The molecule has 0 unspecified atom stereocenters. The van der Waals surface area contributed by atoms with Gasteiger partial charge in [0, 0.05) is 10.4 Å². The fraction of sp³-hybridized carbons (Fsp3) is 0.333. The summed E-state index contributed by atoms with van der Waals surface area (Å²) in [6, 6.07) is 7.98. The third-order valence-corrected chi connectivity index (χ3v) is 2.94. The number of hydrogen-bond donors (Lipinski definition) is 0. The van der Waals surface area contributed by atoms with Gasteiger partial charge in [-0.1, -0.05) is 43.7 Å². The van der Waals surface area contributed by atoms with E-state index in [9.17, 15) is 0 Å². The van der Waals surface area contributed by atoms with Crippen LogP contribution in [0.1, 0.15) is 25.8 Å². The molecular weight excluding hydrogens is 180 g/mol. The Bertz CT molecular complexity index is 286. The second-order valence-electron chi connectivity index (χ2n) is 3.48. The van der Waals surface area contributed by atoms with Crippen molar-refractivity contribution in [1.82, 2.24) is 0 Å². The molecule has 0 N–H and O–H groups in total. The van der Waals surface area contributed by atoms with Crippen LogP contribution in [0.5, 0.6) is 0 Å². The van der Waals surface area contributed by atoms with Crippen molar-refractivity contribution in [2.75, 3.05) is 0 Å². The Kier molecular flexibility index (Phi) is 3.16. The molecule has 0 bridgehead atoms. The zero-order valence-electron chi connectivity index (χ0n) is 8.18. The largest absolute Gasteiger partial charge is 0.102 e. The Hall–Kier alpha value is -0.750. The number of hydrogen-bond acceptors (Lipinski definition) is 0. The van der Waals surface area contributed by atoms with Gasteiger partial charge in [0.1, 0.15) is 0 Å². The Labute approximate surface area is 85.2 Å². The predicted octanol–water partition coefficient (Wildman–Crippen LogP) is 4.19. The highest BCUT2D eigenvalue weighted by Gasteiger charge is 2.19. The molecule has 0 aliphatic heterocycles. The summed E-state index contributed by atoms with van der Waals surface area (Å²) < 4.78 is 0. The molecule has 0 aliphatic carbocycles. The smallest absolute Gasteiger partial charge is 0.0406 e. The highest BCUT2D eigenvalue weighted by atomic mass is 35.5. The number of halogens is 1. The van der Waals surface area contributed by atoms with Gasteiger partial charge >= 0.3 is 0 Å². The van der Waals surface area contributed by atoms with Crippen LogP contribution in [0.3, 0.4) is 0 Å². The first-order valence-electron chi connectivity index (χ1n) is 4.52. The average Bonchev–Trinajstić information content (AvgIpc) is 2.18. The molecule has 0 fully saturated rings. The summed E-state index contributed by atoms with van der Waals surface area (Å²) in [5.74, 6) is 0. The summed E-state index contributed by atoms with van der Waals surface area (Å²) in [5.41, 5.74) is 1.35. The second kappa shape index (κ2) is 3.97. The van der Waals surface area contributed by atoms with E-state index in [-0.39, 0.29) is 5.41 Å². The number of benzene rings is 1. The van der Waals surface area contributed by atoms with Crippen molar-refractivity contribution in [3.05, 3.63) is 47.5 Å². The van der Waals surface area contributed by atoms with Crippen molar-refractivity contribution < 1.29 is 0 Å². The van der Waals surface area contributed by atoms with E-state index in [1.54, 1.807) is 0 Å². The average molecular weight is 195 g/mol. The summed E-state index contributed by atoms with van der Waals surface area (Å²) in [4.78, 5) is 0. The lowest BCUT2D eigenvalue weighted by Gasteiger charge is -2.24. The third kappa shape index (κ3) is 2.13. The van der Waals surface area contributed by atoms with Crippen molar-refractivity contribution in [3.63, 3.8) is 0 Å². The van der Waals surface area contributed by atoms with E-state index in [0.717, 1.165) is 11.4 Å². The van der Waals surface area contributed by atoms with E-state index in [2.05, 4.69) is 32.6 Å². The zero-order chi connectivity index (χ0) is 9.90. The Morgan fingerprint density at radius 3 is 2.31 bits per heavy atom. The van der Waals surface area contributed by atoms with Crippen molar-refractivity contribution in [1.29, 1.82) is 0 Å². The molecule has 0 nitrogen and oxygen atoms in total. The highest BCUT2D eigenvalue weighted by Crippen LogP contribution is 2.29. The zero-order valence-corrected chi connectivity index (χ0v) is 8.93. The molecule has 0 aromatic heterocycles. The summed E-state index contributed by atoms with van der Waals surface area (Å²) in [6.45, 7) is 8.22. The molecule has 1 aromatic rings. The Morgan fingerprint density at radius 1 is 1.38 bits per heavy atom. The van der Waals surface area contributed by atoms with Crippen molar-refractivity contribution in [2.45, 2.75) is 25.7 Å². The highest BCUT2D eigenvalue weighted by molar-refractivity contribution is 6.30. The minimum absolute atomic E-state index is 0.0740. The van der Waals surface area contributed by atoms with Gasteiger partial charge in [0.15, 0.2) is 0 Å². The Morgan fingerprint density at radius 2 is 1.92 bits per heavy atom. The second-order valence-corrected chi connectivity index (χ2v) is 3.92. The maximum absolute atomic E-state index is 5.82. The van der Waals surface area contributed by atoms with Crippen LogP contribution in [0.4, 0.5) is 0 Å². The lowest BCUT2D eigenvalue weighted by Crippen LogP contribution is -2.16. The van der Waals surface area contributed by atoms with Gasteiger partial charge in [-0.05, 0) is 24.1 Å². The first-order valence-corrected chi connectivity index (χ1v) is 4.90. The molecule has 0 aliphatic rings. The van der Waals surface area contributed by atoms with Crippen LogP contribution in [0.15, 0.2) is 36.9 Å². The van der Waals surface area contributed by atoms with Gasteiger partial charge in [-0.3, -0.25) is 0 Å². The van der Waals surface area contributed by atoms with Crippen LogP contribution in [0, 0.1) is 0 Å². The van der Waals surface area contributed by atoms with Gasteiger partial charge in [-0.2, -0.15) is 0 Å². The fourth-order valence-electron chi connectivity index (χ4n) is 1.30. The first kappa shape index (κ1) is 10.3. The molecule has 1 atom stereocenters. The number of rotatable bonds is 3. The fourth-order valence-corrected chi connectivity index (χ4v) is 1.42. The van der Waals surface area contributed by atoms with Gasteiger partial charge in [-0.15, -0.1) is 6.58 Å². The van der Waals surface area contributed by atoms with E-state index in [4.69, 9.17) is 11.6 Å². The van der Waals surface area contributed by atoms with E-state index in [1.807, 2.05) is 18.2 Å². The topological polar surface area (TPSA) is 0 Å². The molecule has 1 aromatic carbocycles. The van der Waals surface area contributed by atoms with Gasteiger partial charge in [-0.25, -0.2) is 0 Å². The molecule has 0 amide bonds. The molecule has 1 rings (SSSR count). The van der Waals surface area contributed by atoms with Crippen LogP contribution in [-0.2, 0) is 5.41 Å². The maximum Gasteiger partial charge on any atom is 0.0406 e. The van der Waals surface area contributed by atoms with Gasteiger partial charge in [0.05, 0.1) is 0 Å². The van der Waals surface area contributed by atoms with Gasteiger partial charge < -0.3 is 0 Å². The minimum atomic E-state index is 0.0740. The summed E-state index contributed by atoms with van der Waals surface area (Å²) >= 11 is 5.82. The van der Waals surface area contributed by atoms with E-state index >= 15 is 0 Å². The molecule has 13 heavy (non-hydrogen) atoms. The lowest BCUT2D eigenvalue weighted by molar-refractivity contribution is 0.574. The summed E-state index contributed by atoms with van der Waals surface area (Å²) in [5, 5.41) is 0.784. The minimum Gasteiger partial charge on any atom is -0.102 e. The van der Waals surface area contributed by atoms with Crippen molar-refractivity contribution in [2.24, 2.45) is 0 Å². The van der Waals surface area contributed by atoms with Gasteiger partial charge in [0.2, 0.25) is 0 Å². The normalized spacial score (nSPS) is 15.0. The lowest BCUT2D eigenvalue weighted by atomic mass is 9.80. The standard InChI is InChI=1S/C12H15Cl/c1-4-12(3,5-2)10-6-8-11(13)9-7-10/h4,6-9H,1,5H2,2-3H3/t12-/m1/s1. The Balaban J connectivity index is 3.06. The van der Waals surface area contributed by atoms with E-state index in [0.29, 0.717) is 0 Å². The molecule has 0 saturated heterocycles. The molecule has 0 saturated carbocycles. The first-order chi connectivity index (χ1) is 6.12. The SMILES string of the molecule is C=C[C@](C)(CC)c1ccc(Cl)cc1. The quantitative estimate of drug-likeness (QED) is 0.633. The molecule has 0 radical (unpaired) electrons. The van der Waals surface area contributed by atoms with Gasteiger partial charge in [0.25, 0.3) is 0 Å². The monoisotopic (exact) mass is 194 g/mol. The van der Waals surface area contributed by atoms with Crippen LogP contribution < -0.4 is 0 Å². The third-order valence-electron chi connectivity index (χ3n) is 2.69. The summed E-state index contributed by atoms with van der Waals surface area (Å²) in [6.07, 6.45) is 3.05. The maximum atomic E-state index is 5.82. The number of allylic oxidation sites excluding steroid dienone is 1. The van der Waals surface area contributed by atoms with Crippen LogP contribution >= 0.6 is 11.6 Å². The van der Waals surface area contributed by atoms with Crippen molar-refractivity contribution >= 4 is 11.6 Å². The van der Waals surface area contributed by atoms with Crippen LogP contribution in [0.2, 0.25) is 5.02 Å². The molecular formula is C12H15Cl. The molecule has 70 valence electrons. The van der Waals surface area contributed by atoms with Crippen LogP contribution in [0.25, 0.3) is 0 Å².